The minimum atomic E-state index is -5.61. The standard InChI is InChI=1S/C45H72N7O20P3/c1-43(2,18-9-7-12-28-14-11-15-29(35(28)57)13-8-10-19-44(3,4)23-33(55)56)22-30(53)16-20-47-32(54)17-21-48-41(60)38(59)45(5,6)25-69-75(66,67)72-74(64,65)68-24-31-37(71-73(61,62)63)36(58)42(70-31)52-27-51-34-39(46)49-26-50-40(34)52/h11,14-15,26-27,31,36-38,42,57-59H,7-10,12-13,16-25H2,1-6H3,(H,47,54)(H,48,60)(H,55,56)(H,64,65)(H,66,67)(H2,46,49,50)(H2,61,62,63). The molecule has 0 saturated carbocycles. The first-order valence-corrected chi connectivity index (χ1v) is 28.6. The molecule has 4 rings (SSSR count). The van der Waals surface area contributed by atoms with Gasteiger partial charge in [-0.25, -0.2) is 28.6 Å². The number of unbranched alkanes of at least 4 members (excludes halogenated alkanes) is 2. The minimum Gasteiger partial charge on any atom is -0.507 e. The number of anilines is 1. The van der Waals surface area contributed by atoms with E-state index in [1.165, 1.54) is 13.8 Å². The average Bonchev–Trinajstić information content (AvgIpc) is 3.85. The molecule has 1 saturated heterocycles. The molecule has 0 radical (unpaired) electrons. The third-order valence-corrected chi connectivity index (χ3v) is 15.5. The number of aliphatic hydroxyl groups is 2. The Labute approximate surface area is 433 Å². The Hall–Kier alpha value is -4.30. The summed E-state index contributed by atoms with van der Waals surface area (Å²) in [5.74, 6) is -2.12. The van der Waals surface area contributed by atoms with Crippen LogP contribution >= 0.6 is 23.5 Å². The molecule has 7 atom stereocenters. The Kier molecular flexibility index (Phi) is 22.6. The van der Waals surface area contributed by atoms with E-state index in [2.05, 4.69) is 34.4 Å². The Morgan fingerprint density at radius 3 is 2.03 bits per heavy atom. The van der Waals surface area contributed by atoms with Crippen LogP contribution in [0.2, 0.25) is 0 Å². The van der Waals surface area contributed by atoms with Gasteiger partial charge in [-0.2, -0.15) is 4.31 Å². The Balaban J connectivity index is 1.13. The molecule has 0 aliphatic carbocycles. The number of fused-ring (bicyclic) bond motifs is 1. The number of para-hydroxylation sites is 1. The molecule has 7 unspecified atom stereocenters. The van der Waals surface area contributed by atoms with E-state index in [0.717, 1.165) is 66.9 Å². The number of carboxylic acid groups (broad SMARTS) is 1. The number of aromatic hydroxyl groups is 1. The van der Waals surface area contributed by atoms with Crippen LogP contribution in [0.15, 0.2) is 30.9 Å². The fourth-order valence-corrected chi connectivity index (χ4v) is 11.2. The van der Waals surface area contributed by atoms with Gasteiger partial charge in [0.2, 0.25) is 11.8 Å². The lowest BCUT2D eigenvalue weighted by molar-refractivity contribution is -0.139. The van der Waals surface area contributed by atoms with E-state index >= 15 is 0 Å². The highest BCUT2D eigenvalue weighted by Gasteiger charge is 2.50. The smallest absolute Gasteiger partial charge is 0.481 e. The number of phenols is 1. The second-order valence-corrected chi connectivity index (χ2v) is 25.0. The number of hydrogen-bond donors (Lipinski definition) is 11. The number of carbonyl (C=O) groups is 4. The number of phenolic OH excluding ortho intramolecular Hbond substituents is 1. The molecule has 30 heteroatoms. The van der Waals surface area contributed by atoms with Crippen LogP contribution in [-0.4, -0.2) is 134 Å². The highest BCUT2D eigenvalue weighted by atomic mass is 31.3. The number of rotatable bonds is 33. The van der Waals surface area contributed by atoms with Crippen LogP contribution in [-0.2, 0) is 68.3 Å². The van der Waals surface area contributed by atoms with Crippen molar-refractivity contribution >= 4 is 64.0 Å². The first-order valence-electron chi connectivity index (χ1n) is 24.1. The fourth-order valence-electron chi connectivity index (χ4n) is 8.38. The van der Waals surface area contributed by atoms with Gasteiger partial charge in [0.1, 0.15) is 47.8 Å². The number of aliphatic carboxylic acids is 1. The molecule has 2 aromatic heterocycles. The largest absolute Gasteiger partial charge is 0.507 e. The topological polar surface area (TPSA) is 421 Å². The Morgan fingerprint density at radius 2 is 1.43 bits per heavy atom. The van der Waals surface area contributed by atoms with Gasteiger partial charge in [-0.3, -0.25) is 37.3 Å². The minimum absolute atomic E-state index is 0.0212. The van der Waals surface area contributed by atoms with Gasteiger partial charge in [0.25, 0.3) is 0 Å². The quantitative estimate of drug-likeness (QED) is 0.0302. The number of nitrogens with one attached hydrogen (secondary N) is 2. The van der Waals surface area contributed by atoms with E-state index in [4.69, 9.17) is 24.6 Å². The second kappa shape index (κ2) is 26.8. The molecule has 3 aromatic rings. The van der Waals surface area contributed by atoms with Crippen molar-refractivity contribution in [1.82, 2.24) is 30.2 Å². The Bertz CT molecular complexity index is 2590. The van der Waals surface area contributed by atoms with E-state index in [0.29, 0.717) is 18.6 Å². The van der Waals surface area contributed by atoms with Crippen LogP contribution in [0.1, 0.15) is 123 Å². The van der Waals surface area contributed by atoms with Crippen LogP contribution < -0.4 is 16.4 Å². The van der Waals surface area contributed by atoms with E-state index < -0.39 is 90.5 Å². The van der Waals surface area contributed by atoms with E-state index in [1.807, 2.05) is 45.9 Å². The summed E-state index contributed by atoms with van der Waals surface area (Å²) >= 11 is 0. The molecule has 1 aliphatic rings. The molecule has 2 amide bonds. The SMILES string of the molecule is CC(C)(CCCCc1cccc(CCCCC(C)(C)CC(=O)CCNC(=O)CCNC(=O)C(O)C(C)(C)COP(=O)(O)OP(=O)(O)OCC2OC(n3cnc4c(N)ncnc43)C(O)C2OP(=O)(O)O)c1O)CC(=O)O. The number of nitrogens with two attached hydrogens (primary N) is 1. The van der Waals surface area contributed by atoms with Crippen LogP contribution in [0.5, 0.6) is 5.75 Å². The van der Waals surface area contributed by atoms with E-state index in [1.54, 1.807) is 0 Å². The van der Waals surface area contributed by atoms with Gasteiger partial charge < -0.3 is 61.1 Å². The number of phosphoric ester groups is 3. The third kappa shape index (κ3) is 20.5. The summed E-state index contributed by atoms with van der Waals surface area (Å²) < 4.78 is 62.6. The van der Waals surface area contributed by atoms with Crippen molar-refractivity contribution < 1.29 is 95.5 Å². The van der Waals surface area contributed by atoms with Crippen LogP contribution in [0.4, 0.5) is 5.82 Å². The molecule has 0 spiro atoms. The predicted octanol–water partition coefficient (Wildman–Crippen LogP) is 4.11. The van der Waals surface area contributed by atoms with Crippen LogP contribution in [0.3, 0.4) is 0 Å². The van der Waals surface area contributed by atoms with Crippen molar-refractivity contribution in [2.45, 2.75) is 149 Å². The molecule has 75 heavy (non-hydrogen) atoms. The van der Waals surface area contributed by atoms with Gasteiger partial charge in [-0.1, -0.05) is 72.6 Å². The monoisotopic (exact) mass is 1120 g/mol. The molecule has 27 nitrogen and oxygen atoms in total. The number of hydrogen-bond acceptors (Lipinski definition) is 19. The van der Waals surface area contributed by atoms with Crippen molar-refractivity contribution in [3.8, 4) is 5.75 Å². The molecule has 1 fully saturated rings. The molecule has 3 heterocycles. The summed E-state index contributed by atoms with van der Waals surface area (Å²) in [6.45, 7) is 8.12. The zero-order chi connectivity index (χ0) is 56.2. The number of phosphoric acid groups is 3. The maximum absolute atomic E-state index is 12.8. The first-order chi connectivity index (χ1) is 34.7. The van der Waals surface area contributed by atoms with Crippen molar-refractivity contribution in [2.24, 2.45) is 16.2 Å². The average molecular weight is 1120 g/mol. The number of aromatic nitrogens is 4. The summed E-state index contributed by atoms with van der Waals surface area (Å²) in [6, 6.07) is 5.74. The van der Waals surface area contributed by atoms with Crippen molar-refractivity contribution in [3.05, 3.63) is 42.0 Å². The molecular formula is C45H72N7O20P3. The number of ether oxygens (including phenoxy) is 1. The molecule has 422 valence electrons. The number of ketones is 1. The summed E-state index contributed by atoms with van der Waals surface area (Å²) in [5, 5.41) is 46.7. The summed E-state index contributed by atoms with van der Waals surface area (Å²) in [4.78, 5) is 101. The highest BCUT2D eigenvalue weighted by molar-refractivity contribution is 7.61. The van der Waals surface area contributed by atoms with E-state index in [-0.39, 0.29) is 72.4 Å². The lowest BCUT2D eigenvalue weighted by atomic mass is 9.81. The molecule has 1 aliphatic heterocycles. The lowest BCUT2D eigenvalue weighted by Crippen LogP contribution is -2.46. The lowest BCUT2D eigenvalue weighted by Gasteiger charge is -2.30. The number of benzene rings is 1. The van der Waals surface area contributed by atoms with Gasteiger partial charge in [-0.15, -0.1) is 0 Å². The number of carbonyl (C=O) groups excluding carboxylic acids is 3. The van der Waals surface area contributed by atoms with Gasteiger partial charge >= 0.3 is 29.4 Å². The number of nitrogens with zero attached hydrogens (tertiary/aromatic N) is 4. The number of Topliss-reactive ketones (excluding diaryl/α,β-unsaturated/α-hetero) is 1. The zero-order valence-corrected chi connectivity index (χ0v) is 45.5. The van der Waals surface area contributed by atoms with Gasteiger partial charge in [0.05, 0.1) is 26.0 Å². The molecular weight excluding hydrogens is 1050 g/mol. The van der Waals surface area contributed by atoms with Gasteiger partial charge in [0.15, 0.2) is 17.7 Å². The number of aryl methyl sites for hydroxylation is 2. The number of imidazole rings is 1. The van der Waals surface area contributed by atoms with Crippen LogP contribution in [0.25, 0.3) is 11.2 Å². The van der Waals surface area contributed by atoms with Crippen molar-refractivity contribution in [2.75, 3.05) is 32.0 Å². The fraction of sp³-hybridized carbons (Fsp3) is 0.667. The first kappa shape index (κ1) is 63.2. The molecule has 0 bridgehead atoms. The zero-order valence-electron chi connectivity index (χ0n) is 42.8. The highest BCUT2D eigenvalue weighted by Crippen LogP contribution is 2.61. The number of carboxylic acids is 1. The summed E-state index contributed by atoms with van der Waals surface area (Å²) in [6.07, 6.45) is -0.387. The second-order valence-electron chi connectivity index (χ2n) is 20.8. The maximum Gasteiger partial charge on any atom is 0.481 e. The third-order valence-electron chi connectivity index (χ3n) is 12.4. The van der Waals surface area contributed by atoms with Crippen molar-refractivity contribution in [1.29, 1.82) is 0 Å². The van der Waals surface area contributed by atoms with Gasteiger partial charge in [0, 0.05) is 37.8 Å². The molecule has 12 N–H and O–H groups in total. The van der Waals surface area contributed by atoms with Gasteiger partial charge in [-0.05, 0) is 60.5 Å². The number of nitrogen functional groups attached to an aromatic ring is 1. The normalized spacial score (nSPS) is 19.6. The maximum atomic E-state index is 12.8. The Morgan fingerprint density at radius 1 is 0.840 bits per heavy atom. The number of amides is 2. The van der Waals surface area contributed by atoms with Crippen LogP contribution in [0, 0.1) is 16.2 Å². The number of aliphatic hydroxyl groups excluding tert-OH is 2. The summed E-state index contributed by atoms with van der Waals surface area (Å²) in [5.41, 5.74) is 5.36. The summed E-state index contributed by atoms with van der Waals surface area (Å²) in [7, 11) is -16.5. The van der Waals surface area contributed by atoms with E-state index in [9.17, 15) is 67.8 Å². The predicted molar refractivity (Wildman–Crippen MR) is 267 cm³/mol. The van der Waals surface area contributed by atoms with Crippen molar-refractivity contribution in [3.63, 3.8) is 0 Å². The molecule has 1 aromatic carbocycles.